The molecule has 3 heteroatoms. The standard InChI is InChI=1S/C5H12O2.Ne/c6-4-2-1-3-5-7;/h6-7H,1-5H2;. The van der Waals surface area contributed by atoms with E-state index >= 15 is 0 Å². The molecule has 0 aromatic rings. The molecule has 0 atom stereocenters. The van der Waals surface area contributed by atoms with Gasteiger partial charge in [0.25, 0.3) is 0 Å². The summed E-state index contributed by atoms with van der Waals surface area (Å²) in [5, 5.41) is 16.4. The fourth-order valence-electron chi connectivity index (χ4n) is 0.400. The molecule has 0 rings (SSSR count). The number of hydrogen-bond donors (Lipinski definition) is 2. The van der Waals surface area contributed by atoms with Crippen molar-refractivity contribution in [2.75, 3.05) is 13.2 Å². The van der Waals surface area contributed by atoms with E-state index in [1.165, 1.54) is 0 Å². The molecule has 0 bridgehead atoms. The number of aliphatic hydroxyl groups excluding tert-OH is 2. The molecule has 0 aromatic heterocycles. The van der Waals surface area contributed by atoms with Gasteiger partial charge in [0, 0.05) is 19.4 Å². The normalized spacial score (nSPS) is 8.25. The van der Waals surface area contributed by atoms with Crippen molar-refractivity contribution in [3.8, 4) is 0 Å². The van der Waals surface area contributed by atoms with Gasteiger partial charge in [-0.25, -0.2) is 0 Å². The first-order chi connectivity index (χ1) is 3.41. The van der Waals surface area contributed by atoms with Crippen LogP contribution >= 0.6 is 0 Å². The summed E-state index contributed by atoms with van der Waals surface area (Å²) in [6.45, 7) is 0.500. The summed E-state index contributed by atoms with van der Waals surface area (Å²) >= 11 is 0. The van der Waals surface area contributed by atoms with Crippen molar-refractivity contribution in [1.82, 2.24) is 0 Å². The van der Waals surface area contributed by atoms with E-state index in [0.717, 1.165) is 19.3 Å². The van der Waals surface area contributed by atoms with E-state index in [0.29, 0.717) is 0 Å². The van der Waals surface area contributed by atoms with Crippen LogP contribution in [-0.2, 0) is 0 Å². The second kappa shape index (κ2) is 9.95. The Morgan fingerprint density at radius 2 is 1.12 bits per heavy atom. The maximum atomic E-state index is 8.21. The molecule has 0 radical (unpaired) electrons. The van der Waals surface area contributed by atoms with Crippen LogP contribution in [0.5, 0.6) is 0 Å². The molecule has 2 N–H and O–H groups in total. The molecule has 8 heavy (non-hydrogen) atoms. The molecule has 52 valence electrons. The van der Waals surface area contributed by atoms with Gasteiger partial charge in [-0.1, -0.05) is 0 Å². The molecule has 0 aromatic carbocycles. The van der Waals surface area contributed by atoms with Crippen molar-refractivity contribution >= 4 is 0 Å². The van der Waals surface area contributed by atoms with Crippen molar-refractivity contribution in [1.29, 1.82) is 0 Å². The van der Waals surface area contributed by atoms with Gasteiger partial charge in [0.1, 0.15) is 0 Å². The predicted octanol–water partition coefficient (Wildman–Crippen LogP) is 0.141. The smallest absolute Gasteiger partial charge is 0.0431 e. The van der Waals surface area contributed by atoms with E-state index in [2.05, 4.69) is 0 Å². The summed E-state index contributed by atoms with van der Waals surface area (Å²) in [5.41, 5.74) is 0. The molecule has 0 aliphatic rings. The molecule has 0 heterocycles. The van der Waals surface area contributed by atoms with E-state index in [1.54, 1.807) is 0 Å². The molecule has 2 nitrogen and oxygen atoms in total. The van der Waals surface area contributed by atoms with Crippen molar-refractivity contribution in [2.45, 2.75) is 19.3 Å². The third kappa shape index (κ3) is 9.27. The zero-order valence-corrected chi connectivity index (χ0v) is 4.78. The van der Waals surface area contributed by atoms with Gasteiger partial charge in [0.05, 0.1) is 0 Å². The van der Waals surface area contributed by atoms with Gasteiger partial charge in [-0.3, -0.25) is 0 Å². The molecular weight excluding hydrogens is 112 g/mol. The second-order valence-corrected chi connectivity index (χ2v) is 1.51. The Morgan fingerprint density at radius 3 is 1.38 bits per heavy atom. The number of hydrogen-bond acceptors (Lipinski definition) is 2. The van der Waals surface area contributed by atoms with Gasteiger partial charge in [0.2, 0.25) is 0 Å². The minimum Gasteiger partial charge on any atom is -0.396 e. The number of aliphatic hydroxyl groups is 2. The fraction of sp³-hybridized carbons (Fsp3) is 1.00. The molecule has 0 saturated heterocycles. The average Bonchev–Trinajstić information content (AvgIpc) is 1.69. The van der Waals surface area contributed by atoms with Crippen molar-refractivity contribution in [3.05, 3.63) is 0 Å². The summed E-state index contributed by atoms with van der Waals surface area (Å²) in [5.74, 6) is 0. The molecule has 0 aliphatic carbocycles. The summed E-state index contributed by atoms with van der Waals surface area (Å²) < 4.78 is 0. The molecule has 0 unspecified atom stereocenters. The van der Waals surface area contributed by atoms with Crippen molar-refractivity contribution < 1.29 is 16.4 Å². The van der Waals surface area contributed by atoms with Crippen LogP contribution in [-0.4, -0.2) is 23.4 Å². The minimum atomic E-state index is 0. The first-order valence-electron chi connectivity index (χ1n) is 2.63. The summed E-state index contributed by atoms with van der Waals surface area (Å²) in [4.78, 5) is 0. The summed E-state index contributed by atoms with van der Waals surface area (Å²) in [7, 11) is 0. The minimum absolute atomic E-state index is 0. The van der Waals surface area contributed by atoms with Crippen LogP contribution in [0.1, 0.15) is 19.3 Å². The summed E-state index contributed by atoms with van der Waals surface area (Å²) in [6, 6.07) is 0. The Bertz CT molecular complexity index is 29.6. The predicted molar refractivity (Wildman–Crippen MR) is 28.0 cm³/mol. The van der Waals surface area contributed by atoms with E-state index in [-0.39, 0.29) is 19.4 Å². The maximum Gasteiger partial charge on any atom is 0.0431 e. The molecule has 0 aliphatic heterocycles. The Labute approximate surface area is 49.9 Å². The second-order valence-electron chi connectivity index (χ2n) is 1.51. The van der Waals surface area contributed by atoms with Gasteiger partial charge in [-0.05, 0) is 19.3 Å². The van der Waals surface area contributed by atoms with Crippen LogP contribution in [0.25, 0.3) is 0 Å². The van der Waals surface area contributed by atoms with Gasteiger partial charge in [-0.15, -0.1) is 0 Å². The van der Waals surface area contributed by atoms with Crippen LogP contribution in [0.3, 0.4) is 0 Å². The van der Waals surface area contributed by atoms with Gasteiger partial charge < -0.3 is 10.2 Å². The van der Waals surface area contributed by atoms with Crippen molar-refractivity contribution in [2.24, 2.45) is 0 Å². The maximum absolute atomic E-state index is 8.21. The first kappa shape index (κ1) is 10.7. The quantitative estimate of drug-likeness (QED) is 0.524. The molecule has 0 fully saturated rings. The van der Waals surface area contributed by atoms with Crippen LogP contribution in [0.2, 0.25) is 0 Å². The fourth-order valence-corrected chi connectivity index (χ4v) is 0.400. The van der Waals surface area contributed by atoms with E-state index < -0.39 is 0 Å². The first-order valence-corrected chi connectivity index (χ1v) is 2.63. The zero-order valence-electron chi connectivity index (χ0n) is 4.78. The third-order valence-corrected chi connectivity index (χ3v) is 0.816. The average molecular weight is 124 g/mol. The third-order valence-electron chi connectivity index (χ3n) is 0.816. The van der Waals surface area contributed by atoms with Crippen molar-refractivity contribution in [3.63, 3.8) is 0 Å². The van der Waals surface area contributed by atoms with Crippen LogP contribution in [0.15, 0.2) is 0 Å². The molecule has 0 amide bonds. The van der Waals surface area contributed by atoms with E-state index in [9.17, 15) is 0 Å². The van der Waals surface area contributed by atoms with Crippen LogP contribution in [0, 0.1) is 6.15 Å². The SMILES string of the molecule is OCCCCCO.[Ne]. The number of rotatable bonds is 4. The van der Waals surface area contributed by atoms with E-state index in [4.69, 9.17) is 10.2 Å². The van der Waals surface area contributed by atoms with Gasteiger partial charge in [0.15, 0.2) is 0 Å². The van der Waals surface area contributed by atoms with Gasteiger partial charge >= 0.3 is 0 Å². The molecule has 0 spiro atoms. The van der Waals surface area contributed by atoms with E-state index in [1.807, 2.05) is 0 Å². The molecule has 0 saturated carbocycles. The zero-order chi connectivity index (χ0) is 5.54. The van der Waals surface area contributed by atoms with Gasteiger partial charge in [-0.2, -0.15) is 0 Å². The summed E-state index contributed by atoms with van der Waals surface area (Å²) in [6.07, 6.45) is 2.58. The largest absolute Gasteiger partial charge is 0.396 e. The Balaban J connectivity index is 0. The Morgan fingerprint density at radius 1 is 0.750 bits per heavy atom. The topological polar surface area (TPSA) is 40.5 Å². The van der Waals surface area contributed by atoms with Crippen LogP contribution < -0.4 is 0 Å². The monoisotopic (exact) mass is 124 g/mol. The Hall–Kier alpha value is -0.171. The van der Waals surface area contributed by atoms with Crippen LogP contribution in [0.4, 0.5) is 0 Å². The number of unbranched alkanes of at least 4 members (excludes halogenated alkanes) is 2. The Kier molecular flexibility index (Phi) is 13.4. The molecular formula is C5H12NeO2.